The molecule has 0 bridgehead atoms. The maximum Gasteiger partial charge on any atom is 0.317 e. The summed E-state index contributed by atoms with van der Waals surface area (Å²) in [6.07, 6.45) is 2.13. The van der Waals surface area contributed by atoms with Gasteiger partial charge in [0, 0.05) is 38.9 Å². The van der Waals surface area contributed by atoms with Gasteiger partial charge < -0.3 is 20.1 Å². The lowest BCUT2D eigenvalue weighted by atomic mass is 10.1. The molecule has 0 unspecified atom stereocenters. The SMILES string of the molecule is O=C(NCc1ccccc1)N1CCC(Oc2ccc(Cc3sc(=O)[nH]c3O)cc2)CC1. The molecule has 8 heteroatoms. The van der Waals surface area contributed by atoms with Gasteiger partial charge in [-0.05, 0) is 23.3 Å². The zero-order chi connectivity index (χ0) is 21.6. The highest BCUT2D eigenvalue weighted by molar-refractivity contribution is 7.09. The first kappa shape index (κ1) is 21.0. The van der Waals surface area contributed by atoms with Crippen molar-refractivity contribution in [2.75, 3.05) is 13.1 Å². The molecular weight excluding hydrogens is 414 g/mol. The first-order valence-electron chi connectivity index (χ1n) is 10.3. The predicted molar refractivity (Wildman–Crippen MR) is 120 cm³/mol. The number of amides is 2. The number of carbonyl (C=O) groups excluding carboxylic acids is 1. The number of ether oxygens (including phenoxy) is 1. The number of aromatic hydroxyl groups is 1. The first-order chi connectivity index (χ1) is 15.1. The molecule has 0 aliphatic carbocycles. The molecule has 2 amide bonds. The number of carbonyl (C=O) groups is 1. The molecule has 3 aromatic rings. The summed E-state index contributed by atoms with van der Waals surface area (Å²) in [5, 5.41) is 12.7. The molecule has 7 nitrogen and oxygen atoms in total. The average Bonchev–Trinajstić information content (AvgIpc) is 3.11. The summed E-state index contributed by atoms with van der Waals surface area (Å²) >= 11 is 1.02. The molecular formula is C23H25N3O4S. The Labute approximate surface area is 184 Å². The van der Waals surface area contributed by atoms with Crippen molar-refractivity contribution in [3.05, 3.63) is 80.3 Å². The topological polar surface area (TPSA) is 94.7 Å². The van der Waals surface area contributed by atoms with Crippen molar-refractivity contribution >= 4 is 17.4 Å². The number of hydrogen-bond donors (Lipinski definition) is 3. The molecule has 0 radical (unpaired) electrons. The van der Waals surface area contributed by atoms with E-state index in [1.165, 1.54) is 0 Å². The van der Waals surface area contributed by atoms with Crippen LogP contribution in [0.25, 0.3) is 0 Å². The average molecular weight is 440 g/mol. The van der Waals surface area contributed by atoms with Crippen LogP contribution in [0.5, 0.6) is 11.6 Å². The predicted octanol–water partition coefficient (Wildman–Crippen LogP) is 3.49. The number of nitrogens with zero attached hydrogens (tertiary/aromatic N) is 1. The van der Waals surface area contributed by atoms with Crippen LogP contribution in [0.15, 0.2) is 59.4 Å². The third-order valence-corrected chi connectivity index (χ3v) is 6.18. The highest BCUT2D eigenvalue weighted by Gasteiger charge is 2.23. The fourth-order valence-corrected chi connectivity index (χ4v) is 4.36. The van der Waals surface area contributed by atoms with Gasteiger partial charge in [-0.3, -0.25) is 9.78 Å². The van der Waals surface area contributed by atoms with Gasteiger partial charge in [0.2, 0.25) is 5.88 Å². The Balaban J connectivity index is 1.22. The van der Waals surface area contributed by atoms with Crippen LogP contribution in [0, 0.1) is 0 Å². The number of H-pyrrole nitrogens is 1. The number of hydrogen-bond acceptors (Lipinski definition) is 5. The number of piperidine rings is 1. The highest BCUT2D eigenvalue weighted by atomic mass is 32.1. The lowest BCUT2D eigenvalue weighted by Crippen LogP contribution is -2.46. The van der Waals surface area contributed by atoms with E-state index in [2.05, 4.69) is 10.3 Å². The Morgan fingerprint density at radius 2 is 1.81 bits per heavy atom. The van der Waals surface area contributed by atoms with Gasteiger partial charge in [-0.15, -0.1) is 0 Å². The van der Waals surface area contributed by atoms with Crippen molar-refractivity contribution in [3.8, 4) is 11.6 Å². The molecule has 1 fully saturated rings. The maximum absolute atomic E-state index is 12.4. The van der Waals surface area contributed by atoms with Crippen LogP contribution >= 0.6 is 11.3 Å². The minimum atomic E-state index is -0.257. The molecule has 1 aromatic heterocycles. The maximum atomic E-state index is 12.4. The van der Waals surface area contributed by atoms with Crippen LogP contribution in [0.4, 0.5) is 4.79 Å². The Bertz CT molecular complexity index is 1050. The fraction of sp³-hybridized carbons (Fsp3) is 0.304. The lowest BCUT2D eigenvalue weighted by molar-refractivity contribution is 0.111. The number of nitrogens with one attached hydrogen (secondary N) is 2. The summed E-state index contributed by atoms with van der Waals surface area (Å²) in [7, 11) is 0. The second-order valence-corrected chi connectivity index (χ2v) is 8.62. The second-order valence-electron chi connectivity index (χ2n) is 7.56. The molecule has 2 heterocycles. The van der Waals surface area contributed by atoms with Gasteiger partial charge in [0.05, 0.1) is 4.88 Å². The normalized spacial score (nSPS) is 14.4. The number of aromatic nitrogens is 1. The van der Waals surface area contributed by atoms with Gasteiger partial charge >= 0.3 is 10.9 Å². The molecule has 2 aromatic carbocycles. The number of thiazole rings is 1. The Kier molecular flexibility index (Phi) is 6.57. The van der Waals surface area contributed by atoms with E-state index in [-0.39, 0.29) is 22.9 Å². The van der Waals surface area contributed by atoms with Crippen molar-refractivity contribution in [3.63, 3.8) is 0 Å². The van der Waals surface area contributed by atoms with Crippen LogP contribution in [-0.4, -0.2) is 40.2 Å². The number of aromatic amines is 1. The molecule has 3 N–H and O–H groups in total. The summed E-state index contributed by atoms with van der Waals surface area (Å²) in [4.78, 5) is 28.3. The van der Waals surface area contributed by atoms with Gasteiger partial charge in [-0.1, -0.05) is 53.8 Å². The van der Waals surface area contributed by atoms with Crippen LogP contribution in [0.1, 0.15) is 28.8 Å². The summed E-state index contributed by atoms with van der Waals surface area (Å²) < 4.78 is 6.08. The summed E-state index contributed by atoms with van der Waals surface area (Å²) in [6, 6.07) is 17.5. The smallest absolute Gasteiger partial charge is 0.317 e. The van der Waals surface area contributed by atoms with Crippen LogP contribution < -0.4 is 14.9 Å². The van der Waals surface area contributed by atoms with Gasteiger partial charge in [0.15, 0.2) is 0 Å². The number of rotatable bonds is 6. The number of likely N-dealkylation sites (tertiary alicyclic amines) is 1. The summed E-state index contributed by atoms with van der Waals surface area (Å²) in [6.45, 7) is 1.85. The van der Waals surface area contributed by atoms with E-state index in [1.54, 1.807) is 0 Å². The molecule has 31 heavy (non-hydrogen) atoms. The van der Waals surface area contributed by atoms with Crippen LogP contribution in [0.3, 0.4) is 0 Å². The molecule has 162 valence electrons. The van der Waals surface area contributed by atoms with E-state index < -0.39 is 0 Å². The van der Waals surface area contributed by atoms with Crippen molar-refractivity contribution < 1.29 is 14.6 Å². The molecule has 4 rings (SSSR count). The van der Waals surface area contributed by atoms with E-state index in [1.807, 2.05) is 59.5 Å². The minimum Gasteiger partial charge on any atom is -0.494 e. The third-order valence-electron chi connectivity index (χ3n) is 5.31. The van der Waals surface area contributed by atoms with Crippen molar-refractivity contribution in [1.82, 2.24) is 15.2 Å². The standard InChI is InChI=1S/C23H25N3O4S/c27-21-20(31-23(29)25-21)14-16-6-8-18(9-7-16)30-19-10-12-26(13-11-19)22(28)24-15-17-4-2-1-3-5-17/h1-9,19,27H,10-15H2,(H,24,28)(H,25,29). The summed E-state index contributed by atoms with van der Waals surface area (Å²) in [5.41, 5.74) is 2.07. The fourth-order valence-electron chi connectivity index (χ4n) is 3.60. The van der Waals surface area contributed by atoms with Crippen molar-refractivity contribution in [2.45, 2.75) is 31.9 Å². The zero-order valence-electron chi connectivity index (χ0n) is 17.0. The van der Waals surface area contributed by atoms with Gasteiger partial charge in [0.1, 0.15) is 11.9 Å². The summed E-state index contributed by atoms with van der Waals surface area (Å²) in [5.74, 6) is 0.720. The first-order valence-corrected chi connectivity index (χ1v) is 11.1. The Morgan fingerprint density at radius 3 is 2.45 bits per heavy atom. The monoisotopic (exact) mass is 439 g/mol. The molecule has 1 saturated heterocycles. The molecule has 0 saturated carbocycles. The third kappa shape index (κ3) is 5.67. The minimum absolute atomic E-state index is 0.0398. The van der Waals surface area contributed by atoms with E-state index in [0.29, 0.717) is 30.9 Å². The second kappa shape index (κ2) is 9.70. The highest BCUT2D eigenvalue weighted by Crippen LogP contribution is 2.23. The van der Waals surface area contributed by atoms with Gasteiger partial charge in [-0.25, -0.2) is 4.79 Å². The largest absolute Gasteiger partial charge is 0.494 e. The van der Waals surface area contributed by atoms with Crippen molar-refractivity contribution in [2.24, 2.45) is 0 Å². The molecule has 1 aliphatic heterocycles. The molecule has 1 aliphatic rings. The molecule has 0 spiro atoms. The van der Waals surface area contributed by atoms with Crippen LogP contribution in [-0.2, 0) is 13.0 Å². The Hall–Kier alpha value is -3.26. The molecule has 0 atom stereocenters. The number of urea groups is 1. The quantitative estimate of drug-likeness (QED) is 0.548. The zero-order valence-corrected chi connectivity index (χ0v) is 17.9. The van der Waals surface area contributed by atoms with E-state index >= 15 is 0 Å². The van der Waals surface area contributed by atoms with Gasteiger partial charge in [0.25, 0.3) is 0 Å². The number of benzene rings is 2. The lowest BCUT2D eigenvalue weighted by Gasteiger charge is -2.32. The van der Waals surface area contributed by atoms with E-state index in [0.717, 1.165) is 41.1 Å². The Morgan fingerprint density at radius 1 is 1.10 bits per heavy atom. The van der Waals surface area contributed by atoms with E-state index in [4.69, 9.17) is 4.74 Å². The van der Waals surface area contributed by atoms with E-state index in [9.17, 15) is 14.7 Å². The van der Waals surface area contributed by atoms with Crippen LogP contribution in [0.2, 0.25) is 0 Å². The van der Waals surface area contributed by atoms with Crippen molar-refractivity contribution in [1.29, 1.82) is 0 Å². The van der Waals surface area contributed by atoms with Gasteiger partial charge in [-0.2, -0.15) is 0 Å².